The van der Waals surface area contributed by atoms with Crippen LogP contribution in [0.2, 0.25) is 0 Å². The Labute approximate surface area is 111 Å². The molecule has 0 bridgehead atoms. The van der Waals surface area contributed by atoms with Gasteiger partial charge >= 0.3 is 11.9 Å². The highest BCUT2D eigenvalue weighted by Crippen LogP contribution is 2.23. The predicted molar refractivity (Wildman–Crippen MR) is 70.7 cm³/mol. The van der Waals surface area contributed by atoms with Crippen molar-refractivity contribution < 1.29 is 14.3 Å². The molecule has 0 atom stereocenters. The molecular weight excluding hydrogens is 242 g/mol. The van der Waals surface area contributed by atoms with Crippen molar-refractivity contribution >= 4 is 11.9 Å². The van der Waals surface area contributed by atoms with Gasteiger partial charge in [0.05, 0.1) is 5.56 Å². The first-order valence-corrected chi connectivity index (χ1v) is 5.97. The molecule has 0 aliphatic heterocycles. The first kappa shape index (κ1) is 13.1. The fourth-order valence-electron chi connectivity index (χ4n) is 1.67. The minimum atomic E-state index is -0.895. The van der Waals surface area contributed by atoms with Gasteiger partial charge in [-0.25, -0.2) is 4.79 Å². The summed E-state index contributed by atoms with van der Waals surface area (Å²) < 4.78 is 4.93. The van der Waals surface area contributed by atoms with Crippen LogP contribution in [0, 0.1) is 0 Å². The van der Waals surface area contributed by atoms with Crippen molar-refractivity contribution in [3.05, 3.63) is 59.9 Å². The quantitative estimate of drug-likeness (QED) is 0.679. The van der Waals surface area contributed by atoms with Gasteiger partial charge in [-0.3, -0.25) is 4.79 Å². The summed E-state index contributed by atoms with van der Waals surface area (Å²) in [6.45, 7) is 3.42. The van der Waals surface area contributed by atoms with Gasteiger partial charge in [0.25, 0.3) is 0 Å². The van der Waals surface area contributed by atoms with Gasteiger partial charge in [-0.1, -0.05) is 18.2 Å². The lowest BCUT2D eigenvalue weighted by atomic mass is 9.90. The average Bonchev–Trinajstić information content (AvgIpc) is 2.94. The highest BCUT2D eigenvalue weighted by Gasteiger charge is 2.34. The number of hydrogen-bond acceptors (Lipinski definition) is 3. The van der Waals surface area contributed by atoms with Crippen LogP contribution in [0.3, 0.4) is 0 Å². The Hall–Kier alpha value is -2.36. The number of esters is 2. The molecule has 0 radical (unpaired) electrons. The zero-order valence-corrected chi connectivity index (χ0v) is 10.8. The van der Waals surface area contributed by atoms with Crippen molar-refractivity contribution in [2.75, 3.05) is 0 Å². The number of hydrogen-bond donors (Lipinski definition) is 1. The third kappa shape index (κ3) is 2.73. The minimum Gasteiger partial charge on any atom is -0.389 e. The van der Waals surface area contributed by atoms with E-state index >= 15 is 0 Å². The largest absolute Gasteiger partial charge is 0.389 e. The summed E-state index contributed by atoms with van der Waals surface area (Å²) in [4.78, 5) is 26.9. The lowest BCUT2D eigenvalue weighted by molar-refractivity contribution is -0.143. The van der Waals surface area contributed by atoms with Gasteiger partial charge in [0, 0.05) is 11.9 Å². The molecule has 0 saturated heterocycles. The van der Waals surface area contributed by atoms with E-state index in [0.29, 0.717) is 11.3 Å². The van der Waals surface area contributed by atoms with Crippen LogP contribution in [0.15, 0.2) is 48.7 Å². The van der Waals surface area contributed by atoms with E-state index in [4.69, 9.17) is 4.74 Å². The molecule has 0 saturated carbocycles. The fourth-order valence-corrected chi connectivity index (χ4v) is 1.67. The zero-order valence-electron chi connectivity index (χ0n) is 10.8. The minimum absolute atomic E-state index is 0.359. The summed E-state index contributed by atoms with van der Waals surface area (Å²) >= 11 is 0. The van der Waals surface area contributed by atoms with Crippen molar-refractivity contribution in [1.29, 1.82) is 0 Å². The molecule has 4 heteroatoms. The Morgan fingerprint density at radius 2 is 1.74 bits per heavy atom. The van der Waals surface area contributed by atoms with Crippen LogP contribution in [0.1, 0.15) is 29.9 Å². The first-order valence-electron chi connectivity index (χ1n) is 5.97. The van der Waals surface area contributed by atoms with Gasteiger partial charge in [0.15, 0.2) is 0 Å². The maximum atomic E-state index is 12.1. The summed E-state index contributed by atoms with van der Waals surface area (Å²) in [5, 5.41) is 0. The average molecular weight is 257 g/mol. The maximum Gasteiger partial charge on any atom is 0.345 e. The maximum absolute atomic E-state index is 12.1. The number of aromatic amines is 1. The van der Waals surface area contributed by atoms with Crippen LogP contribution >= 0.6 is 0 Å². The van der Waals surface area contributed by atoms with E-state index in [1.54, 1.807) is 62.5 Å². The van der Waals surface area contributed by atoms with Crippen molar-refractivity contribution in [2.45, 2.75) is 19.3 Å². The molecule has 0 aliphatic rings. The third-order valence-electron chi connectivity index (χ3n) is 2.98. The second kappa shape index (κ2) is 5.10. The van der Waals surface area contributed by atoms with Gasteiger partial charge in [-0.2, -0.15) is 0 Å². The molecule has 0 unspecified atom stereocenters. The van der Waals surface area contributed by atoms with Crippen LogP contribution < -0.4 is 0 Å². The molecule has 0 aliphatic carbocycles. The summed E-state index contributed by atoms with van der Waals surface area (Å²) in [6, 6.07) is 12.0. The Bertz CT molecular complexity index is 571. The van der Waals surface area contributed by atoms with Gasteiger partial charge in [0.2, 0.25) is 0 Å². The smallest absolute Gasteiger partial charge is 0.345 e. The van der Waals surface area contributed by atoms with Gasteiger partial charge in [0.1, 0.15) is 5.41 Å². The molecule has 4 nitrogen and oxygen atoms in total. The number of benzene rings is 1. The Morgan fingerprint density at radius 3 is 2.32 bits per heavy atom. The SMILES string of the molecule is CC(C)(C(=O)OC(=O)c1ccccc1)c1ccc[nH]1. The molecule has 98 valence electrons. The molecule has 1 heterocycles. The zero-order chi connectivity index (χ0) is 13.9. The van der Waals surface area contributed by atoms with E-state index in [-0.39, 0.29) is 0 Å². The number of H-pyrrole nitrogens is 1. The van der Waals surface area contributed by atoms with Crippen LogP contribution in [-0.4, -0.2) is 16.9 Å². The van der Waals surface area contributed by atoms with Crippen LogP contribution in [-0.2, 0) is 14.9 Å². The van der Waals surface area contributed by atoms with E-state index in [2.05, 4.69) is 4.98 Å². The predicted octanol–water partition coefficient (Wildman–Crippen LogP) is 2.68. The topological polar surface area (TPSA) is 59.2 Å². The highest BCUT2D eigenvalue weighted by atomic mass is 16.6. The van der Waals surface area contributed by atoms with E-state index < -0.39 is 17.4 Å². The summed E-state index contributed by atoms with van der Waals surface area (Å²) in [7, 11) is 0. The molecule has 1 N–H and O–H groups in total. The number of ether oxygens (including phenoxy) is 1. The molecule has 2 aromatic rings. The summed E-state index contributed by atoms with van der Waals surface area (Å²) in [5.41, 5.74) is 0.171. The molecule has 2 rings (SSSR count). The fraction of sp³-hybridized carbons (Fsp3) is 0.200. The second-order valence-corrected chi connectivity index (χ2v) is 4.75. The molecule has 0 fully saturated rings. The lowest BCUT2D eigenvalue weighted by Crippen LogP contribution is -2.33. The van der Waals surface area contributed by atoms with Gasteiger partial charge < -0.3 is 9.72 Å². The van der Waals surface area contributed by atoms with Crippen molar-refractivity contribution in [3.8, 4) is 0 Å². The third-order valence-corrected chi connectivity index (χ3v) is 2.98. The summed E-state index contributed by atoms with van der Waals surface area (Å²) in [6.07, 6.45) is 1.73. The van der Waals surface area contributed by atoms with Crippen molar-refractivity contribution in [2.24, 2.45) is 0 Å². The Balaban J connectivity index is 2.12. The molecular formula is C15H15NO3. The second-order valence-electron chi connectivity index (χ2n) is 4.75. The molecule has 19 heavy (non-hydrogen) atoms. The molecule has 0 amide bonds. The van der Waals surface area contributed by atoms with Crippen molar-refractivity contribution in [3.63, 3.8) is 0 Å². The van der Waals surface area contributed by atoms with Crippen LogP contribution in [0.25, 0.3) is 0 Å². The van der Waals surface area contributed by atoms with Crippen LogP contribution in [0.5, 0.6) is 0 Å². The van der Waals surface area contributed by atoms with E-state index in [1.807, 2.05) is 0 Å². The van der Waals surface area contributed by atoms with E-state index in [1.165, 1.54) is 0 Å². The van der Waals surface area contributed by atoms with E-state index in [9.17, 15) is 9.59 Å². The number of carbonyl (C=O) groups is 2. The van der Waals surface area contributed by atoms with Gasteiger partial charge in [-0.05, 0) is 38.1 Å². The number of aromatic nitrogens is 1. The van der Waals surface area contributed by atoms with Crippen LogP contribution in [0.4, 0.5) is 0 Å². The number of rotatable bonds is 3. The Kier molecular flexibility index (Phi) is 3.51. The first-order chi connectivity index (χ1) is 9.01. The standard InChI is InChI=1S/C15H15NO3/c1-15(2,12-9-6-10-16-12)14(18)19-13(17)11-7-4-3-5-8-11/h3-10,16H,1-2H3. The normalized spacial score (nSPS) is 11.1. The number of carbonyl (C=O) groups excluding carboxylic acids is 2. The lowest BCUT2D eigenvalue weighted by Gasteiger charge is -2.20. The van der Waals surface area contributed by atoms with Gasteiger partial charge in [-0.15, -0.1) is 0 Å². The molecule has 1 aromatic carbocycles. The monoisotopic (exact) mass is 257 g/mol. The van der Waals surface area contributed by atoms with Crippen molar-refractivity contribution in [1.82, 2.24) is 4.98 Å². The summed E-state index contributed by atoms with van der Waals surface area (Å²) in [5.74, 6) is -1.21. The number of nitrogens with one attached hydrogen (secondary N) is 1. The van der Waals surface area contributed by atoms with E-state index in [0.717, 1.165) is 0 Å². The Morgan fingerprint density at radius 1 is 1.05 bits per heavy atom. The molecule has 1 aromatic heterocycles. The highest BCUT2D eigenvalue weighted by molar-refractivity contribution is 5.99. The molecule has 0 spiro atoms.